The Balaban J connectivity index is 2.27. The summed E-state index contributed by atoms with van der Waals surface area (Å²) in [4.78, 5) is 11.8. The third-order valence-corrected chi connectivity index (χ3v) is 2.66. The summed E-state index contributed by atoms with van der Waals surface area (Å²) in [6, 6.07) is 10.1. The fourth-order valence-electron chi connectivity index (χ4n) is 1.66. The van der Waals surface area contributed by atoms with Gasteiger partial charge >= 0.3 is 0 Å². The summed E-state index contributed by atoms with van der Waals surface area (Å²) in [6.45, 7) is 3.33. The van der Waals surface area contributed by atoms with Gasteiger partial charge in [-0.25, -0.2) is 0 Å². The molecule has 0 aromatic heterocycles. The SMILES string of the molecule is COCCCNC(=O)C(C)Cc1ccccc1. The molecule has 1 unspecified atom stereocenters. The lowest BCUT2D eigenvalue weighted by Crippen LogP contribution is -2.31. The molecular weight excluding hydrogens is 214 g/mol. The molecule has 0 bridgehead atoms. The van der Waals surface area contributed by atoms with Gasteiger partial charge in [0, 0.05) is 26.2 Å². The van der Waals surface area contributed by atoms with Crippen molar-refractivity contribution in [3.63, 3.8) is 0 Å². The van der Waals surface area contributed by atoms with Crippen LogP contribution in [-0.2, 0) is 16.0 Å². The van der Waals surface area contributed by atoms with E-state index in [1.807, 2.05) is 25.1 Å². The van der Waals surface area contributed by atoms with E-state index in [4.69, 9.17) is 4.74 Å². The van der Waals surface area contributed by atoms with Crippen LogP contribution in [0.2, 0.25) is 0 Å². The van der Waals surface area contributed by atoms with Gasteiger partial charge in [-0.1, -0.05) is 37.3 Å². The summed E-state index contributed by atoms with van der Waals surface area (Å²) < 4.78 is 4.93. The van der Waals surface area contributed by atoms with Crippen LogP contribution in [0.5, 0.6) is 0 Å². The zero-order valence-corrected chi connectivity index (χ0v) is 10.6. The molecule has 0 aliphatic rings. The Morgan fingerprint density at radius 3 is 2.71 bits per heavy atom. The Morgan fingerprint density at radius 1 is 1.35 bits per heavy atom. The average molecular weight is 235 g/mol. The lowest BCUT2D eigenvalue weighted by atomic mass is 10.0. The van der Waals surface area contributed by atoms with Crippen molar-refractivity contribution in [3.05, 3.63) is 35.9 Å². The second-order valence-electron chi connectivity index (χ2n) is 4.23. The third-order valence-electron chi connectivity index (χ3n) is 2.66. The Bertz CT molecular complexity index is 324. The molecular formula is C14H21NO2. The predicted molar refractivity (Wildman–Crippen MR) is 68.8 cm³/mol. The van der Waals surface area contributed by atoms with E-state index in [-0.39, 0.29) is 11.8 Å². The van der Waals surface area contributed by atoms with Crippen LogP contribution in [0.4, 0.5) is 0 Å². The molecule has 94 valence electrons. The molecule has 0 saturated carbocycles. The van der Waals surface area contributed by atoms with Gasteiger partial charge in [-0.3, -0.25) is 4.79 Å². The predicted octanol–water partition coefficient (Wildman–Crippen LogP) is 2.02. The molecule has 0 spiro atoms. The van der Waals surface area contributed by atoms with E-state index in [2.05, 4.69) is 17.4 Å². The number of ether oxygens (including phenoxy) is 1. The Hall–Kier alpha value is -1.35. The summed E-state index contributed by atoms with van der Waals surface area (Å²) in [5.41, 5.74) is 1.20. The molecule has 1 rings (SSSR count). The topological polar surface area (TPSA) is 38.3 Å². The van der Waals surface area contributed by atoms with Gasteiger partial charge in [0.15, 0.2) is 0 Å². The van der Waals surface area contributed by atoms with Crippen molar-refractivity contribution < 1.29 is 9.53 Å². The van der Waals surface area contributed by atoms with Crippen molar-refractivity contribution in [2.45, 2.75) is 19.8 Å². The van der Waals surface area contributed by atoms with Gasteiger partial charge in [-0.05, 0) is 18.4 Å². The van der Waals surface area contributed by atoms with Crippen molar-refractivity contribution in [3.8, 4) is 0 Å². The molecule has 17 heavy (non-hydrogen) atoms. The highest BCUT2D eigenvalue weighted by Crippen LogP contribution is 2.07. The molecule has 3 heteroatoms. The fourth-order valence-corrected chi connectivity index (χ4v) is 1.66. The number of methoxy groups -OCH3 is 1. The molecule has 0 aliphatic heterocycles. The largest absolute Gasteiger partial charge is 0.385 e. The van der Waals surface area contributed by atoms with Crippen molar-refractivity contribution in [1.82, 2.24) is 5.32 Å². The van der Waals surface area contributed by atoms with Gasteiger partial charge in [0.25, 0.3) is 0 Å². The molecule has 0 aliphatic carbocycles. The second-order valence-corrected chi connectivity index (χ2v) is 4.23. The highest BCUT2D eigenvalue weighted by Gasteiger charge is 2.12. The molecule has 1 amide bonds. The first-order valence-electron chi connectivity index (χ1n) is 6.04. The van der Waals surface area contributed by atoms with Crippen LogP contribution in [0.3, 0.4) is 0 Å². The standard InChI is InChI=1S/C14H21NO2/c1-12(11-13-7-4-3-5-8-13)14(16)15-9-6-10-17-2/h3-5,7-8,12H,6,9-11H2,1-2H3,(H,15,16). The van der Waals surface area contributed by atoms with Gasteiger partial charge in [0.05, 0.1) is 0 Å². The van der Waals surface area contributed by atoms with Crippen molar-refractivity contribution in [2.75, 3.05) is 20.3 Å². The molecule has 1 atom stereocenters. The molecule has 0 radical (unpaired) electrons. The molecule has 3 nitrogen and oxygen atoms in total. The van der Waals surface area contributed by atoms with Gasteiger partial charge < -0.3 is 10.1 Å². The first-order chi connectivity index (χ1) is 8.24. The summed E-state index contributed by atoms with van der Waals surface area (Å²) >= 11 is 0. The summed E-state index contributed by atoms with van der Waals surface area (Å²) in [5.74, 6) is 0.130. The minimum Gasteiger partial charge on any atom is -0.385 e. The maximum atomic E-state index is 11.8. The number of benzene rings is 1. The lowest BCUT2D eigenvalue weighted by Gasteiger charge is -2.12. The van der Waals surface area contributed by atoms with E-state index in [9.17, 15) is 4.79 Å². The van der Waals surface area contributed by atoms with Crippen LogP contribution in [0.25, 0.3) is 0 Å². The quantitative estimate of drug-likeness (QED) is 0.734. The van der Waals surface area contributed by atoms with Gasteiger partial charge in [-0.2, -0.15) is 0 Å². The van der Waals surface area contributed by atoms with Crippen LogP contribution in [-0.4, -0.2) is 26.2 Å². The number of amides is 1. The maximum absolute atomic E-state index is 11.8. The first-order valence-corrected chi connectivity index (χ1v) is 6.04. The van der Waals surface area contributed by atoms with Crippen LogP contribution in [0, 0.1) is 5.92 Å². The fraction of sp³-hybridized carbons (Fsp3) is 0.500. The minimum absolute atomic E-state index is 0.0138. The summed E-state index contributed by atoms with van der Waals surface area (Å²) in [7, 11) is 1.67. The van der Waals surface area contributed by atoms with E-state index in [1.165, 1.54) is 5.56 Å². The Morgan fingerprint density at radius 2 is 2.06 bits per heavy atom. The first kappa shape index (κ1) is 13.7. The highest BCUT2D eigenvalue weighted by atomic mass is 16.5. The van der Waals surface area contributed by atoms with Crippen LogP contribution in [0.15, 0.2) is 30.3 Å². The molecule has 0 saturated heterocycles. The molecule has 0 heterocycles. The van der Waals surface area contributed by atoms with Crippen LogP contribution >= 0.6 is 0 Å². The maximum Gasteiger partial charge on any atom is 0.223 e. The monoisotopic (exact) mass is 235 g/mol. The van der Waals surface area contributed by atoms with Crippen LogP contribution in [0.1, 0.15) is 18.9 Å². The molecule has 0 fully saturated rings. The van der Waals surface area contributed by atoms with Crippen molar-refractivity contribution in [1.29, 1.82) is 0 Å². The van der Waals surface area contributed by atoms with E-state index in [0.717, 1.165) is 12.8 Å². The minimum atomic E-state index is 0.0138. The Labute approximate surface area is 103 Å². The van der Waals surface area contributed by atoms with Crippen molar-refractivity contribution >= 4 is 5.91 Å². The van der Waals surface area contributed by atoms with E-state index in [1.54, 1.807) is 7.11 Å². The number of rotatable bonds is 7. The second kappa shape index (κ2) is 7.85. The number of hydrogen-bond acceptors (Lipinski definition) is 2. The van der Waals surface area contributed by atoms with E-state index < -0.39 is 0 Å². The molecule has 1 aromatic carbocycles. The van der Waals surface area contributed by atoms with Crippen molar-refractivity contribution in [2.24, 2.45) is 5.92 Å². The number of carbonyl (C=O) groups excluding carboxylic acids is 1. The van der Waals surface area contributed by atoms with E-state index in [0.29, 0.717) is 13.2 Å². The normalized spacial score (nSPS) is 12.1. The number of carbonyl (C=O) groups is 1. The molecule has 1 N–H and O–H groups in total. The van der Waals surface area contributed by atoms with E-state index >= 15 is 0 Å². The zero-order chi connectivity index (χ0) is 12.5. The Kier molecular flexibility index (Phi) is 6.33. The number of nitrogens with one attached hydrogen (secondary N) is 1. The number of hydrogen-bond donors (Lipinski definition) is 1. The summed E-state index contributed by atoms with van der Waals surface area (Å²) in [6.07, 6.45) is 1.65. The van der Waals surface area contributed by atoms with Gasteiger partial charge in [0.1, 0.15) is 0 Å². The zero-order valence-electron chi connectivity index (χ0n) is 10.6. The smallest absolute Gasteiger partial charge is 0.223 e. The van der Waals surface area contributed by atoms with Gasteiger partial charge in [0.2, 0.25) is 5.91 Å². The van der Waals surface area contributed by atoms with Crippen LogP contribution < -0.4 is 5.32 Å². The lowest BCUT2D eigenvalue weighted by molar-refractivity contribution is -0.124. The average Bonchev–Trinajstić information content (AvgIpc) is 2.35. The molecule has 1 aromatic rings. The third kappa shape index (κ3) is 5.50. The highest BCUT2D eigenvalue weighted by molar-refractivity contribution is 5.78. The summed E-state index contributed by atoms with van der Waals surface area (Å²) in [5, 5.41) is 2.92. The van der Waals surface area contributed by atoms with Gasteiger partial charge in [-0.15, -0.1) is 0 Å².